The van der Waals surface area contributed by atoms with Crippen LogP contribution in [0.1, 0.15) is 16.8 Å². The molecule has 0 saturated carbocycles. The molecule has 0 N–H and O–H groups in total. The molecule has 0 bridgehead atoms. The van der Waals surface area contributed by atoms with E-state index < -0.39 is 0 Å². The van der Waals surface area contributed by atoms with Gasteiger partial charge < -0.3 is 9.47 Å². The minimum atomic E-state index is 0.341. The molecule has 0 spiro atoms. The molecule has 1 aromatic heterocycles. The van der Waals surface area contributed by atoms with Gasteiger partial charge in [-0.2, -0.15) is 0 Å². The third-order valence-electron chi connectivity index (χ3n) is 3.99. The number of methoxy groups -OCH3 is 1. The molecule has 6 heteroatoms. The second-order valence-electron chi connectivity index (χ2n) is 6.06. The number of rotatable bonds is 8. The molecule has 0 unspecified atom stereocenters. The molecule has 4 nitrogen and oxygen atoms in total. The zero-order valence-corrected chi connectivity index (χ0v) is 17.0. The van der Waals surface area contributed by atoms with Crippen molar-refractivity contribution < 1.29 is 9.47 Å². The van der Waals surface area contributed by atoms with Gasteiger partial charge in [0.05, 0.1) is 12.1 Å². The molecule has 0 aliphatic rings. The van der Waals surface area contributed by atoms with Gasteiger partial charge in [0.2, 0.25) is 0 Å². The van der Waals surface area contributed by atoms with Crippen molar-refractivity contribution in [3.05, 3.63) is 87.7 Å². The topological polar surface area (TPSA) is 43.7 Å². The van der Waals surface area contributed by atoms with Gasteiger partial charge in [0.1, 0.15) is 6.61 Å². The predicted molar refractivity (Wildman–Crippen MR) is 114 cm³/mol. The number of hydrogen-bond acceptors (Lipinski definition) is 4. The Kier molecular flexibility index (Phi) is 7.29. The quantitative estimate of drug-likeness (QED) is 0.448. The third-order valence-corrected chi connectivity index (χ3v) is 4.50. The molecule has 0 fully saturated rings. The number of aliphatic imine (C=N–C) groups is 1. The zero-order chi connectivity index (χ0) is 19.8. The van der Waals surface area contributed by atoms with Crippen LogP contribution in [0.5, 0.6) is 11.5 Å². The Bertz CT molecular complexity index is 947. The van der Waals surface area contributed by atoms with E-state index >= 15 is 0 Å². The summed E-state index contributed by atoms with van der Waals surface area (Å²) in [5.41, 5.74) is 2.81. The van der Waals surface area contributed by atoms with E-state index in [9.17, 15) is 0 Å². The molecule has 3 aromatic rings. The molecule has 1 heterocycles. The lowest BCUT2D eigenvalue weighted by molar-refractivity contribution is 0.284. The molecule has 0 radical (unpaired) electrons. The van der Waals surface area contributed by atoms with E-state index in [1.165, 1.54) is 0 Å². The van der Waals surface area contributed by atoms with Crippen molar-refractivity contribution in [2.24, 2.45) is 4.99 Å². The van der Waals surface area contributed by atoms with E-state index in [4.69, 9.17) is 32.7 Å². The van der Waals surface area contributed by atoms with Crippen molar-refractivity contribution >= 4 is 29.4 Å². The number of benzene rings is 2. The average Bonchev–Trinajstić information content (AvgIpc) is 2.71. The number of ether oxygens (including phenoxy) is 2. The SMILES string of the molecule is COc1cc(C=NCCc2ccccn2)cc(Cl)c1OCc1cccc(Cl)c1. The maximum Gasteiger partial charge on any atom is 0.180 e. The minimum absolute atomic E-state index is 0.341. The summed E-state index contributed by atoms with van der Waals surface area (Å²) in [4.78, 5) is 8.74. The lowest BCUT2D eigenvalue weighted by Crippen LogP contribution is -2.00. The highest BCUT2D eigenvalue weighted by molar-refractivity contribution is 6.32. The van der Waals surface area contributed by atoms with Crippen LogP contribution in [0.4, 0.5) is 0 Å². The molecular formula is C22H20Cl2N2O2. The zero-order valence-electron chi connectivity index (χ0n) is 15.4. The number of pyridine rings is 1. The number of halogens is 2. The van der Waals surface area contributed by atoms with Gasteiger partial charge in [-0.15, -0.1) is 0 Å². The Hall–Kier alpha value is -2.56. The van der Waals surface area contributed by atoms with Crippen LogP contribution >= 0.6 is 23.2 Å². The van der Waals surface area contributed by atoms with Crippen molar-refractivity contribution in [2.75, 3.05) is 13.7 Å². The van der Waals surface area contributed by atoms with Crippen molar-refractivity contribution in [1.29, 1.82) is 0 Å². The van der Waals surface area contributed by atoms with Gasteiger partial charge in [-0.3, -0.25) is 9.98 Å². The number of hydrogen-bond donors (Lipinski definition) is 0. The van der Waals surface area contributed by atoms with Crippen LogP contribution in [0.3, 0.4) is 0 Å². The van der Waals surface area contributed by atoms with E-state index in [1.807, 2.05) is 54.6 Å². The minimum Gasteiger partial charge on any atom is -0.493 e. The van der Waals surface area contributed by atoms with Gasteiger partial charge in [0.15, 0.2) is 11.5 Å². The van der Waals surface area contributed by atoms with Crippen LogP contribution in [0.2, 0.25) is 10.0 Å². The van der Waals surface area contributed by atoms with Crippen molar-refractivity contribution in [1.82, 2.24) is 4.98 Å². The lowest BCUT2D eigenvalue weighted by atomic mass is 10.2. The summed E-state index contributed by atoms with van der Waals surface area (Å²) >= 11 is 12.4. The van der Waals surface area contributed by atoms with E-state index in [2.05, 4.69) is 9.98 Å². The van der Waals surface area contributed by atoms with Gasteiger partial charge in [0.25, 0.3) is 0 Å². The van der Waals surface area contributed by atoms with Gasteiger partial charge in [-0.25, -0.2) is 0 Å². The highest BCUT2D eigenvalue weighted by atomic mass is 35.5. The van der Waals surface area contributed by atoms with E-state index in [0.29, 0.717) is 34.7 Å². The van der Waals surface area contributed by atoms with Crippen LogP contribution in [0.15, 0.2) is 65.8 Å². The molecule has 0 aliphatic heterocycles. The summed E-state index contributed by atoms with van der Waals surface area (Å²) in [5.74, 6) is 1.05. The summed E-state index contributed by atoms with van der Waals surface area (Å²) in [6, 6.07) is 17.0. The number of nitrogens with zero attached hydrogens (tertiary/aromatic N) is 2. The first-order valence-electron chi connectivity index (χ1n) is 8.80. The fourth-order valence-electron chi connectivity index (χ4n) is 2.63. The van der Waals surface area contributed by atoms with Crippen LogP contribution in [0, 0.1) is 0 Å². The van der Waals surface area contributed by atoms with Crippen molar-refractivity contribution in [3.8, 4) is 11.5 Å². The van der Waals surface area contributed by atoms with E-state index in [1.54, 1.807) is 19.5 Å². The standard InChI is InChI=1S/C22H20Cl2N2O2/c1-27-21-13-17(14-25-10-8-19-7-2-3-9-26-19)12-20(24)22(21)28-15-16-5-4-6-18(23)11-16/h2-7,9,11-14H,8,10,15H2,1H3. The van der Waals surface area contributed by atoms with Crippen LogP contribution in [0.25, 0.3) is 0 Å². The predicted octanol–water partition coefficient (Wildman–Crippen LogP) is 5.64. The molecular weight excluding hydrogens is 395 g/mol. The summed E-state index contributed by atoms with van der Waals surface area (Å²) in [5, 5.41) is 1.13. The molecule has 0 saturated heterocycles. The largest absolute Gasteiger partial charge is 0.493 e. The average molecular weight is 415 g/mol. The Morgan fingerprint density at radius 3 is 2.71 bits per heavy atom. The van der Waals surface area contributed by atoms with Crippen LogP contribution in [-0.2, 0) is 13.0 Å². The second-order valence-corrected chi connectivity index (χ2v) is 6.90. The van der Waals surface area contributed by atoms with Gasteiger partial charge in [-0.1, -0.05) is 41.4 Å². The monoisotopic (exact) mass is 414 g/mol. The first-order valence-corrected chi connectivity index (χ1v) is 9.56. The molecule has 0 amide bonds. The highest BCUT2D eigenvalue weighted by Crippen LogP contribution is 2.36. The fourth-order valence-corrected chi connectivity index (χ4v) is 3.12. The van der Waals surface area contributed by atoms with Gasteiger partial charge in [0, 0.05) is 36.1 Å². The highest BCUT2D eigenvalue weighted by Gasteiger charge is 2.12. The van der Waals surface area contributed by atoms with E-state index in [-0.39, 0.29) is 0 Å². The number of aromatic nitrogens is 1. The Morgan fingerprint density at radius 2 is 1.96 bits per heavy atom. The molecule has 3 rings (SSSR count). The molecule has 144 valence electrons. The lowest BCUT2D eigenvalue weighted by Gasteiger charge is -2.13. The first-order chi connectivity index (χ1) is 13.7. The summed E-state index contributed by atoms with van der Waals surface area (Å²) < 4.78 is 11.3. The maximum atomic E-state index is 6.42. The normalized spacial score (nSPS) is 11.0. The summed E-state index contributed by atoms with van der Waals surface area (Å²) in [6.07, 6.45) is 4.34. The molecule has 0 aliphatic carbocycles. The molecule has 28 heavy (non-hydrogen) atoms. The summed E-state index contributed by atoms with van der Waals surface area (Å²) in [7, 11) is 1.58. The Balaban J connectivity index is 1.66. The van der Waals surface area contributed by atoms with Crippen molar-refractivity contribution in [3.63, 3.8) is 0 Å². The fraction of sp³-hybridized carbons (Fsp3) is 0.182. The van der Waals surface area contributed by atoms with Gasteiger partial charge in [-0.05, 0) is 47.5 Å². The summed E-state index contributed by atoms with van der Waals surface area (Å²) in [6.45, 7) is 0.984. The Labute approximate surface area is 174 Å². The van der Waals surface area contributed by atoms with Crippen LogP contribution < -0.4 is 9.47 Å². The third kappa shape index (κ3) is 5.72. The van der Waals surface area contributed by atoms with Gasteiger partial charge >= 0.3 is 0 Å². The first kappa shape index (κ1) is 20.2. The molecule has 2 aromatic carbocycles. The van der Waals surface area contributed by atoms with E-state index in [0.717, 1.165) is 23.2 Å². The molecule has 0 atom stereocenters. The van der Waals surface area contributed by atoms with Crippen LogP contribution in [-0.4, -0.2) is 24.9 Å². The second kappa shape index (κ2) is 10.1. The Morgan fingerprint density at radius 1 is 1.07 bits per heavy atom. The smallest absolute Gasteiger partial charge is 0.180 e. The van der Waals surface area contributed by atoms with Crippen molar-refractivity contribution in [2.45, 2.75) is 13.0 Å². The maximum absolute atomic E-state index is 6.42.